The molecule has 0 radical (unpaired) electrons. The molecule has 1 aliphatic rings. The van der Waals surface area contributed by atoms with Crippen LogP contribution in [0, 0.1) is 0 Å². The fourth-order valence-electron chi connectivity index (χ4n) is 0.845. The van der Waals surface area contributed by atoms with Crippen molar-refractivity contribution in [2.24, 2.45) is 4.99 Å². The van der Waals surface area contributed by atoms with Crippen molar-refractivity contribution < 1.29 is 4.74 Å². The van der Waals surface area contributed by atoms with Crippen LogP contribution in [-0.2, 0) is 4.74 Å². The molecule has 0 aromatic rings. The van der Waals surface area contributed by atoms with Crippen molar-refractivity contribution in [2.75, 3.05) is 6.54 Å². The van der Waals surface area contributed by atoms with Crippen LogP contribution in [0.1, 0.15) is 20.8 Å². The largest absolute Gasteiger partial charge is 0.470 e. The molecule has 0 saturated carbocycles. The summed E-state index contributed by atoms with van der Waals surface area (Å²) in [5.41, 5.74) is -0.0884. The van der Waals surface area contributed by atoms with E-state index in [1.165, 1.54) is 0 Å². The molecule has 0 bridgehead atoms. The molecule has 1 rings (SSSR count). The molecule has 0 aliphatic carbocycles. The molecule has 0 N–H and O–H groups in total. The first-order valence-corrected chi connectivity index (χ1v) is 3.50. The maximum absolute atomic E-state index is 5.45. The Hall–Kier alpha value is -0.790. The van der Waals surface area contributed by atoms with Crippen LogP contribution in [0.5, 0.6) is 0 Å². The van der Waals surface area contributed by atoms with Gasteiger partial charge in [0, 0.05) is 0 Å². The average molecular weight is 139 g/mol. The van der Waals surface area contributed by atoms with E-state index in [4.69, 9.17) is 4.74 Å². The van der Waals surface area contributed by atoms with E-state index in [0.717, 1.165) is 12.4 Å². The lowest BCUT2D eigenvalue weighted by molar-refractivity contribution is 0.132. The summed E-state index contributed by atoms with van der Waals surface area (Å²) < 4.78 is 5.45. The third-order valence-electron chi connectivity index (χ3n) is 1.31. The van der Waals surface area contributed by atoms with Crippen molar-refractivity contribution >= 4 is 5.90 Å². The summed E-state index contributed by atoms with van der Waals surface area (Å²) in [5.74, 6) is 0.757. The molecule has 10 heavy (non-hydrogen) atoms. The SMILES string of the molecule is C/C=C\C1=NCC(C)(C)O1. The summed E-state index contributed by atoms with van der Waals surface area (Å²) in [6.45, 7) is 6.80. The van der Waals surface area contributed by atoms with Gasteiger partial charge >= 0.3 is 0 Å². The molecule has 0 atom stereocenters. The van der Waals surface area contributed by atoms with Gasteiger partial charge in [0.25, 0.3) is 0 Å². The number of nitrogens with zero attached hydrogens (tertiary/aromatic N) is 1. The van der Waals surface area contributed by atoms with Gasteiger partial charge in [-0.2, -0.15) is 0 Å². The molecule has 0 aromatic heterocycles. The second-order valence-electron chi connectivity index (χ2n) is 3.02. The number of aliphatic imine (C=N–C) groups is 1. The van der Waals surface area contributed by atoms with Crippen LogP contribution >= 0.6 is 0 Å². The molecule has 0 unspecified atom stereocenters. The number of hydrogen-bond donors (Lipinski definition) is 0. The van der Waals surface area contributed by atoms with Crippen LogP contribution in [0.3, 0.4) is 0 Å². The second kappa shape index (κ2) is 2.45. The Labute approximate surface area is 61.6 Å². The van der Waals surface area contributed by atoms with Gasteiger partial charge in [0.2, 0.25) is 5.90 Å². The van der Waals surface area contributed by atoms with Gasteiger partial charge in [-0.25, -0.2) is 4.99 Å². The summed E-state index contributed by atoms with van der Waals surface area (Å²) in [6.07, 6.45) is 3.81. The standard InChI is InChI=1S/C8H13NO/c1-4-5-7-9-6-8(2,3)10-7/h4-5H,6H2,1-3H3/b5-4-. The lowest BCUT2D eigenvalue weighted by Gasteiger charge is -2.15. The second-order valence-corrected chi connectivity index (χ2v) is 3.02. The molecule has 56 valence electrons. The van der Waals surface area contributed by atoms with Crippen molar-refractivity contribution in [3.63, 3.8) is 0 Å². The highest BCUT2D eigenvalue weighted by molar-refractivity contribution is 5.89. The summed E-state index contributed by atoms with van der Waals surface area (Å²) in [4.78, 5) is 4.19. The minimum absolute atomic E-state index is 0.0884. The summed E-state index contributed by atoms with van der Waals surface area (Å²) >= 11 is 0. The lowest BCUT2D eigenvalue weighted by Crippen LogP contribution is -2.23. The van der Waals surface area contributed by atoms with E-state index in [2.05, 4.69) is 4.99 Å². The van der Waals surface area contributed by atoms with Crippen LogP contribution < -0.4 is 0 Å². The molecule has 1 aliphatic heterocycles. The topological polar surface area (TPSA) is 21.6 Å². The molecule has 2 nitrogen and oxygen atoms in total. The Kier molecular flexibility index (Phi) is 1.79. The molecule has 0 aromatic carbocycles. The van der Waals surface area contributed by atoms with Gasteiger partial charge in [-0.3, -0.25) is 0 Å². The maximum atomic E-state index is 5.45. The maximum Gasteiger partial charge on any atom is 0.208 e. The zero-order valence-corrected chi connectivity index (χ0v) is 6.72. The van der Waals surface area contributed by atoms with E-state index < -0.39 is 0 Å². The van der Waals surface area contributed by atoms with E-state index >= 15 is 0 Å². The third kappa shape index (κ3) is 1.59. The van der Waals surface area contributed by atoms with E-state index in [1.54, 1.807) is 0 Å². The highest BCUT2D eigenvalue weighted by Gasteiger charge is 2.25. The molecule has 0 spiro atoms. The molecule has 0 fully saturated rings. The molecular weight excluding hydrogens is 126 g/mol. The van der Waals surface area contributed by atoms with Gasteiger partial charge in [-0.05, 0) is 26.8 Å². The van der Waals surface area contributed by atoms with Crippen molar-refractivity contribution in [3.05, 3.63) is 12.2 Å². The summed E-state index contributed by atoms with van der Waals surface area (Å²) in [7, 11) is 0. The fourth-order valence-corrected chi connectivity index (χ4v) is 0.845. The summed E-state index contributed by atoms with van der Waals surface area (Å²) in [6, 6.07) is 0. The van der Waals surface area contributed by atoms with Gasteiger partial charge in [0.1, 0.15) is 5.60 Å². The van der Waals surface area contributed by atoms with Gasteiger partial charge in [-0.1, -0.05) is 6.08 Å². The van der Waals surface area contributed by atoms with Gasteiger partial charge in [0.05, 0.1) is 6.54 Å². The average Bonchev–Trinajstić information content (AvgIpc) is 2.12. The summed E-state index contributed by atoms with van der Waals surface area (Å²) in [5, 5.41) is 0. The minimum atomic E-state index is -0.0884. The smallest absolute Gasteiger partial charge is 0.208 e. The van der Waals surface area contributed by atoms with Crippen LogP contribution in [0.25, 0.3) is 0 Å². The van der Waals surface area contributed by atoms with Crippen molar-refractivity contribution in [1.29, 1.82) is 0 Å². The molecule has 2 heteroatoms. The molecule has 0 amide bonds. The first-order chi connectivity index (χ1) is 4.64. The van der Waals surface area contributed by atoms with E-state index in [1.807, 2.05) is 32.9 Å². The van der Waals surface area contributed by atoms with E-state index in [9.17, 15) is 0 Å². The first-order valence-electron chi connectivity index (χ1n) is 3.50. The highest BCUT2D eigenvalue weighted by Crippen LogP contribution is 2.16. The van der Waals surface area contributed by atoms with E-state index in [0.29, 0.717) is 0 Å². The molecule has 1 heterocycles. The van der Waals surface area contributed by atoms with Gasteiger partial charge < -0.3 is 4.74 Å². The van der Waals surface area contributed by atoms with Crippen LogP contribution in [0.2, 0.25) is 0 Å². The molecule has 0 saturated heterocycles. The number of hydrogen-bond acceptors (Lipinski definition) is 2. The molecular formula is C8H13NO. The van der Waals surface area contributed by atoms with Crippen molar-refractivity contribution in [3.8, 4) is 0 Å². The quantitative estimate of drug-likeness (QED) is 0.542. The predicted octanol–water partition coefficient (Wildman–Crippen LogP) is 1.77. The zero-order valence-electron chi connectivity index (χ0n) is 6.72. The van der Waals surface area contributed by atoms with Crippen molar-refractivity contribution in [2.45, 2.75) is 26.4 Å². The third-order valence-corrected chi connectivity index (χ3v) is 1.31. The van der Waals surface area contributed by atoms with Crippen LogP contribution in [0.4, 0.5) is 0 Å². The number of ether oxygens (including phenoxy) is 1. The normalized spacial score (nSPS) is 22.9. The fraction of sp³-hybridized carbons (Fsp3) is 0.625. The van der Waals surface area contributed by atoms with Crippen LogP contribution in [-0.4, -0.2) is 18.0 Å². The zero-order chi connectivity index (χ0) is 7.61. The Morgan fingerprint density at radius 3 is 2.70 bits per heavy atom. The first kappa shape index (κ1) is 7.32. The highest BCUT2D eigenvalue weighted by atomic mass is 16.5. The lowest BCUT2D eigenvalue weighted by atomic mass is 10.1. The monoisotopic (exact) mass is 139 g/mol. The predicted molar refractivity (Wildman–Crippen MR) is 42.3 cm³/mol. The minimum Gasteiger partial charge on any atom is -0.470 e. The number of rotatable bonds is 1. The Balaban J connectivity index is 2.55. The van der Waals surface area contributed by atoms with E-state index in [-0.39, 0.29) is 5.60 Å². The Morgan fingerprint density at radius 1 is 1.60 bits per heavy atom. The number of allylic oxidation sites excluding steroid dienone is 1. The van der Waals surface area contributed by atoms with Gasteiger partial charge in [-0.15, -0.1) is 0 Å². The van der Waals surface area contributed by atoms with Crippen molar-refractivity contribution in [1.82, 2.24) is 0 Å². The van der Waals surface area contributed by atoms with Gasteiger partial charge in [0.15, 0.2) is 0 Å². The Morgan fingerprint density at radius 2 is 2.30 bits per heavy atom. The van der Waals surface area contributed by atoms with Crippen LogP contribution in [0.15, 0.2) is 17.1 Å². The Bertz CT molecular complexity index is 180.